The van der Waals surface area contributed by atoms with Crippen molar-refractivity contribution in [3.63, 3.8) is 0 Å². The number of fused-ring (bicyclic) bond motifs is 1. The SMILES string of the molecule is Nc1ccc(C(=O)c2ccc3c(c2)OCCO3)cc1F. The standard InChI is InChI=1S/C15H12FNO3/c16-11-7-9(1-3-12(11)17)15(18)10-2-4-13-14(8-10)20-6-5-19-13/h1-4,7-8H,5-6,17H2. The summed E-state index contributed by atoms with van der Waals surface area (Å²) in [6.45, 7) is 0.935. The highest BCUT2D eigenvalue weighted by Crippen LogP contribution is 2.31. The Bertz CT molecular complexity index is 685. The van der Waals surface area contributed by atoms with E-state index in [1.54, 1.807) is 18.2 Å². The van der Waals surface area contributed by atoms with Crippen LogP contribution in [-0.2, 0) is 0 Å². The molecule has 0 atom stereocenters. The second-order valence-corrected chi connectivity index (χ2v) is 4.42. The van der Waals surface area contributed by atoms with Crippen molar-refractivity contribution in [2.45, 2.75) is 0 Å². The quantitative estimate of drug-likeness (QED) is 0.674. The largest absolute Gasteiger partial charge is 0.486 e. The third-order valence-corrected chi connectivity index (χ3v) is 3.07. The van der Waals surface area contributed by atoms with Crippen molar-refractivity contribution >= 4 is 11.5 Å². The first-order valence-corrected chi connectivity index (χ1v) is 6.14. The molecule has 2 aromatic carbocycles. The third-order valence-electron chi connectivity index (χ3n) is 3.07. The lowest BCUT2D eigenvalue weighted by molar-refractivity contribution is 0.103. The Morgan fingerprint density at radius 2 is 1.65 bits per heavy atom. The van der Waals surface area contributed by atoms with E-state index in [2.05, 4.69) is 0 Å². The summed E-state index contributed by atoms with van der Waals surface area (Å²) in [7, 11) is 0. The minimum absolute atomic E-state index is 0.0173. The highest BCUT2D eigenvalue weighted by molar-refractivity contribution is 6.09. The van der Waals surface area contributed by atoms with E-state index in [0.717, 1.165) is 6.07 Å². The maximum absolute atomic E-state index is 13.4. The number of benzene rings is 2. The van der Waals surface area contributed by atoms with E-state index in [1.165, 1.54) is 12.1 Å². The Kier molecular flexibility index (Phi) is 3.02. The van der Waals surface area contributed by atoms with Gasteiger partial charge in [0.15, 0.2) is 17.3 Å². The smallest absolute Gasteiger partial charge is 0.193 e. The zero-order valence-corrected chi connectivity index (χ0v) is 10.6. The number of anilines is 1. The Morgan fingerprint density at radius 3 is 2.40 bits per heavy atom. The van der Waals surface area contributed by atoms with Crippen LogP contribution in [-0.4, -0.2) is 19.0 Å². The molecular formula is C15H12FNO3. The van der Waals surface area contributed by atoms with E-state index in [-0.39, 0.29) is 17.0 Å². The highest BCUT2D eigenvalue weighted by Gasteiger charge is 2.16. The van der Waals surface area contributed by atoms with Crippen LogP contribution in [0.1, 0.15) is 15.9 Å². The number of ketones is 1. The number of carbonyl (C=O) groups is 1. The summed E-state index contributed by atoms with van der Waals surface area (Å²) in [6, 6.07) is 8.91. The number of ether oxygens (including phenoxy) is 2. The Balaban J connectivity index is 1.95. The molecular weight excluding hydrogens is 261 g/mol. The van der Waals surface area contributed by atoms with Crippen molar-refractivity contribution in [1.82, 2.24) is 0 Å². The first-order valence-electron chi connectivity index (χ1n) is 6.14. The lowest BCUT2D eigenvalue weighted by Gasteiger charge is -2.18. The van der Waals surface area contributed by atoms with Crippen molar-refractivity contribution in [2.24, 2.45) is 0 Å². The molecule has 4 nitrogen and oxygen atoms in total. The van der Waals surface area contributed by atoms with Crippen LogP contribution < -0.4 is 15.2 Å². The van der Waals surface area contributed by atoms with E-state index >= 15 is 0 Å². The van der Waals surface area contributed by atoms with Crippen LogP contribution in [0, 0.1) is 5.82 Å². The molecule has 0 amide bonds. The maximum Gasteiger partial charge on any atom is 0.193 e. The molecule has 0 saturated heterocycles. The van der Waals surface area contributed by atoms with Crippen molar-refractivity contribution in [3.8, 4) is 11.5 Å². The topological polar surface area (TPSA) is 61.6 Å². The number of carbonyl (C=O) groups excluding carboxylic acids is 1. The molecule has 0 bridgehead atoms. The molecule has 5 heteroatoms. The van der Waals surface area contributed by atoms with Gasteiger partial charge >= 0.3 is 0 Å². The van der Waals surface area contributed by atoms with Crippen molar-refractivity contribution in [2.75, 3.05) is 18.9 Å². The van der Waals surface area contributed by atoms with Crippen LogP contribution in [0.2, 0.25) is 0 Å². The van der Waals surface area contributed by atoms with Gasteiger partial charge < -0.3 is 15.2 Å². The average Bonchev–Trinajstić information content (AvgIpc) is 2.49. The molecule has 1 heterocycles. The zero-order valence-electron chi connectivity index (χ0n) is 10.6. The summed E-state index contributed by atoms with van der Waals surface area (Å²) in [4.78, 5) is 12.3. The average molecular weight is 273 g/mol. The molecule has 20 heavy (non-hydrogen) atoms. The van der Waals surface area contributed by atoms with Gasteiger partial charge in [-0.15, -0.1) is 0 Å². The number of hydrogen-bond donors (Lipinski definition) is 1. The summed E-state index contributed by atoms with van der Waals surface area (Å²) in [5.74, 6) is 0.239. The lowest BCUT2D eigenvalue weighted by Crippen LogP contribution is -2.16. The monoisotopic (exact) mass is 273 g/mol. The van der Waals surface area contributed by atoms with Gasteiger partial charge in [0.25, 0.3) is 0 Å². The fourth-order valence-electron chi connectivity index (χ4n) is 2.02. The second kappa shape index (κ2) is 4.85. The predicted octanol–water partition coefficient (Wildman–Crippen LogP) is 2.41. The van der Waals surface area contributed by atoms with Gasteiger partial charge in [0, 0.05) is 11.1 Å². The molecule has 0 spiro atoms. The molecule has 0 unspecified atom stereocenters. The fraction of sp³-hybridized carbons (Fsp3) is 0.133. The number of nitrogens with two attached hydrogens (primary N) is 1. The molecule has 0 fully saturated rings. The Labute approximate surface area is 114 Å². The highest BCUT2D eigenvalue weighted by atomic mass is 19.1. The van der Waals surface area contributed by atoms with Gasteiger partial charge in [-0.1, -0.05) is 0 Å². The fourth-order valence-corrected chi connectivity index (χ4v) is 2.02. The molecule has 3 rings (SSSR count). The van der Waals surface area contributed by atoms with E-state index in [4.69, 9.17) is 15.2 Å². The number of halogens is 1. The minimum atomic E-state index is -0.603. The van der Waals surface area contributed by atoms with Gasteiger partial charge in [-0.3, -0.25) is 4.79 Å². The molecule has 2 aromatic rings. The van der Waals surface area contributed by atoms with Crippen LogP contribution >= 0.6 is 0 Å². The van der Waals surface area contributed by atoms with Crippen LogP contribution in [0.25, 0.3) is 0 Å². The van der Waals surface area contributed by atoms with Crippen LogP contribution in [0.4, 0.5) is 10.1 Å². The van der Waals surface area contributed by atoms with E-state index < -0.39 is 5.82 Å². The molecule has 0 aliphatic carbocycles. The van der Waals surface area contributed by atoms with E-state index in [1.807, 2.05) is 0 Å². The molecule has 1 aliphatic rings. The third kappa shape index (κ3) is 2.18. The van der Waals surface area contributed by atoms with Gasteiger partial charge in [0.1, 0.15) is 19.0 Å². The summed E-state index contributed by atoms with van der Waals surface area (Å²) in [5, 5.41) is 0. The second-order valence-electron chi connectivity index (χ2n) is 4.42. The van der Waals surface area contributed by atoms with Crippen LogP contribution in [0.3, 0.4) is 0 Å². The maximum atomic E-state index is 13.4. The van der Waals surface area contributed by atoms with Gasteiger partial charge in [-0.2, -0.15) is 0 Å². The van der Waals surface area contributed by atoms with E-state index in [9.17, 15) is 9.18 Å². The number of rotatable bonds is 2. The summed E-state index contributed by atoms with van der Waals surface area (Å²) < 4.78 is 24.2. The minimum Gasteiger partial charge on any atom is -0.486 e. The molecule has 0 saturated carbocycles. The summed E-state index contributed by atoms with van der Waals surface area (Å²) >= 11 is 0. The van der Waals surface area contributed by atoms with E-state index in [0.29, 0.717) is 30.3 Å². The summed E-state index contributed by atoms with van der Waals surface area (Å²) in [6.07, 6.45) is 0. The predicted molar refractivity (Wildman–Crippen MR) is 71.7 cm³/mol. The molecule has 0 radical (unpaired) electrons. The van der Waals surface area contributed by atoms with Gasteiger partial charge in [-0.25, -0.2) is 4.39 Å². The van der Waals surface area contributed by atoms with Gasteiger partial charge in [0.05, 0.1) is 5.69 Å². The molecule has 1 aliphatic heterocycles. The van der Waals surface area contributed by atoms with Crippen molar-refractivity contribution < 1.29 is 18.7 Å². The molecule has 102 valence electrons. The molecule has 2 N–H and O–H groups in total. The number of nitrogen functional groups attached to an aromatic ring is 1. The Morgan fingerprint density at radius 1 is 1.00 bits per heavy atom. The zero-order chi connectivity index (χ0) is 14.1. The van der Waals surface area contributed by atoms with Crippen LogP contribution in [0.5, 0.6) is 11.5 Å². The van der Waals surface area contributed by atoms with Gasteiger partial charge in [-0.05, 0) is 36.4 Å². The summed E-state index contributed by atoms with van der Waals surface area (Å²) in [5.41, 5.74) is 6.07. The van der Waals surface area contributed by atoms with Crippen LogP contribution in [0.15, 0.2) is 36.4 Å². The normalized spacial score (nSPS) is 13.1. The molecule has 0 aromatic heterocycles. The van der Waals surface area contributed by atoms with Crippen molar-refractivity contribution in [3.05, 3.63) is 53.3 Å². The first-order chi connectivity index (χ1) is 9.65. The Hall–Kier alpha value is -2.56. The lowest BCUT2D eigenvalue weighted by atomic mass is 10.0. The number of hydrogen-bond acceptors (Lipinski definition) is 4. The van der Waals surface area contributed by atoms with Crippen molar-refractivity contribution in [1.29, 1.82) is 0 Å². The first kappa shape index (κ1) is 12.5. The van der Waals surface area contributed by atoms with Gasteiger partial charge in [0.2, 0.25) is 0 Å².